The number of nitrogens with zero attached hydrogens (tertiary/aromatic N) is 2. The predicted octanol–water partition coefficient (Wildman–Crippen LogP) is 2.99. The van der Waals surface area contributed by atoms with E-state index < -0.39 is 0 Å². The summed E-state index contributed by atoms with van der Waals surface area (Å²) in [5.41, 5.74) is 1.68. The van der Waals surface area contributed by atoms with Crippen molar-refractivity contribution in [2.24, 2.45) is 0 Å². The monoisotopic (exact) mass is 379 g/mol. The van der Waals surface area contributed by atoms with Crippen LogP contribution in [0.4, 0.5) is 0 Å². The second-order valence-corrected chi connectivity index (χ2v) is 6.81. The van der Waals surface area contributed by atoms with Gasteiger partial charge >= 0.3 is 0 Å². The molecule has 1 heterocycles. The highest BCUT2D eigenvalue weighted by molar-refractivity contribution is 5.83. The van der Waals surface area contributed by atoms with Crippen LogP contribution in [0, 0.1) is 13.8 Å². The smallest absolute Gasteiger partial charge is 0.275 e. The molecular formula is C22H25N3O3. The van der Waals surface area contributed by atoms with Gasteiger partial charge in [0.1, 0.15) is 12.3 Å². The molecule has 2 aromatic carbocycles. The van der Waals surface area contributed by atoms with Crippen LogP contribution < -0.4 is 15.6 Å². The summed E-state index contributed by atoms with van der Waals surface area (Å²) in [6, 6.07) is 15.2. The molecule has 0 saturated carbocycles. The molecule has 0 fully saturated rings. The van der Waals surface area contributed by atoms with Crippen molar-refractivity contribution in [2.45, 2.75) is 33.2 Å². The van der Waals surface area contributed by atoms with Gasteiger partial charge in [0.05, 0.1) is 17.7 Å². The number of rotatable bonds is 8. The molecule has 0 unspecified atom stereocenters. The third-order valence-corrected chi connectivity index (χ3v) is 4.53. The molecule has 146 valence electrons. The highest BCUT2D eigenvalue weighted by atomic mass is 16.5. The molecule has 0 bridgehead atoms. The molecule has 0 aliphatic heterocycles. The van der Waals surface area contributed by atoms with E-state index in [1.165, 1.54) is 10.2 Å². The zero-order valence-electron chi connectivity index (χ0n) is 16.3. The van der Waals surface area contributed by atoms with E-state index in [0.29, 0.717) is 18.5 Å². The van der Waals surface area contributed by atoms with Crippen LogP contribution in [0.25, 0.3) is 10.8 Å². The predicted molar refractivity (Wildman–Crippen MR) is 110 cm³/mol. The molecule has 0 saturated heterocycles. The number of benzene rings is 2. The van der Waals surface area contributed by atoms with Crippen LogP contribution in [0.15, 0.2) is 53.3 Å². The summed E-state index contributed by atoms with van der Waals surface area (Å²) in [4.78, 5) is 24.6. The summed E-state index contributed by atoms with van der Waals surface area (Å²) in [5, 5.41) is 8.50. The number of ether oxygens (including phenoxy) is 1. The summed E-state index contributed by atoms with van der Waals surface area (Å²) in [5.74, 6) is 0.635. The Balaban J connectivity index is 1.43. The lowest BCUT2D eigenvalue weighted by molar-refractivity contribution is -0.121. The highest BCUT2D eigenvalue weighted by Crippen LogP contribution is 2.12. The molecule has 28 heavy (non-hydrogen) atoms. The Hall–Kier alpha value is -3.15. The zero-order valence-corrected chi connectivity index (χ0v) is 16.3. The fourth-order valence-electron chi connectivity index (χ4n) is 2.98. The van der Waals surface area contributed by atoms with Crippen molar-refractivity contribution in [1.82, 2.24) is 15.1 Å². The average Bonchev–Trinajstić information content (AvgIpc) is 2.70. The van der Waals surface area contributed by atoms with Crippen LogP contribution in [0.5, 0.6) is 5.75 Å². The largest absolute Gasteiger partial charge is 0.494 e. The third kappa shape index (κ3) is 4.97. The normalized spacial score (nSPS) is 10.8. The fourth-order valence-corrected chi connectivity index (χ4v) is 2.98. The zero-order chi connectivity index (χ0) is 19.9. The van der Waals surface area contributed by atoms with Gasteiger partial charge in [-0.2, -0.15) is 5.10 Å². The van der Waals surface area contributed by atoms with Gasteiger partial charge in [-0.15, -0.1) is 0 Å². The van der Waals surface area contributed by atoms with Gasteiger partial charge in [0, 0.05) is 11.9 Å². The first-order valence-electron chi connectivity index (χ1n) is 9.47. The number of carbonyl (C=O) groups is 1. The molecule has 0 atom stereocenters. The Morgan fingerprint density at radius 2 is 1.75 bits per heavy atom. The SMILES string of the molecule is Cc1ccc(OCCCCNC(=O)Cn2nc(C)c3ccccc3c2=O)cc1. The Morgan fingerprint density at radius 3 is 2.50 bits per heavy atom. The molecule has 3 rings (SSSR count). The van der Waals surface area contributed by atoms with Gasteiger partial charge in [0.25, 0.3) is 5.56 Å². The number of carbonyl (C=O) groups excluding carboxylic acids is 1. The van der Waals surface area contributed by atoms with Crippen LogP contribution in [-0.4, -0.2) is 28.8 Å². The second kappa shape index (κ2) is 9.17. The van der Waals surface area contributed by atoms with Gasteiger partial charge in [-0.25, -0.2) is 4.68 Å². The quantitative estimate of drug-likeness (QED) is 0.611. The number of unbranched alkanes of at least 4 members (excludes halogenated alkanes) is 1. The van der Waals surface area contributed by atoms with E-state index in [0.717, 1.165) is 29.7 Å². The number of nitrogens with one attached hydrogen (secondary N) is 1. The van der Waals surface area contributed by atoms with Crippen molar-refractivity contribution in [3.63, 3.8) is 0 Å². The van der Waals surface area contributed by atoms with E-state index in [9.17, 15) is 9.59 Å². The van der Waals surface area contributed by atoms with Crippen LogP contribution in [0.1, 0.15) is 24.1 Å². The molecule has 6 heteroatoms. The van der Waals surface area contributed by atoms with Crippen LogP contribution in [0.3, 0.4) is 0 Å². The molecule has 6 nitrogen and oxygen atoms in total. The summed E-state index contributed by atoms with van der Waals surface area (Å²) in [6.07, 6.45) is 1.64. The number of hydrogen-bond donors (Lipinski definition) is 1. The van der Waals surface area contributed by atoms with E-state index in [1.807, 2.05) is 56.3 Å². The molecular weight excluding hydrogens is 354 g/mol. The van der Waals surface area contributed by atoms with E-state index in [2.05, 4.69) is 10.4 Å². The number of aromatic nitrogens is 2. The van der Waals surface area contributed by atoms with Gasteiger partial charge < -0.3 is 10.1 Å². The van der Waals surface area contributed by atoms with Gasteiger partial charge in [-0.3, -0.25) is 9.59 Å². The van der Waals surface area contributed by atoms with Crippen molar-refractivity contribution in [2.75, 3.05) is 13.2 Å². The van der Waals surface area contributed by atoms with Gasteiger partial charge in [0.2, 0.25) is 5.91 Å². The fraction of sp³-hybridized carbons (Fsp3) is 0.318. The Bertz CT molecular complexity index is 1010. The van der Waals surface area contributed by atoms with Crippen molar-refractivity contribution < 1.29 is 9.53 Å². The number of fused-ring (bicyclic) bond motifs is 1. The Morgan fingerprint density at radius 1 is 1.04 bits per heavy atom. The van der Waals surface area contributed by atoms with Crippen LogP contribution in [0.2, 0.25) is 0 Å². The molecule has 0 spiro atoms. The molecule has 3 aromatic rings. The van der Waals surface area contributed by atoms with Gasteiger partial charge in [-0.05, 0) is 44.9 Å². The minimum atomic E-state index is -0.247. The topological polar surface area (TPSA) is 73.2 Å². The van der Waals surface area contributed by atoms with Crippen molar-refractivity contribution in [3.8, 4) is 5.75 Å². The lowest BCUT2D eigenvalue weighted by atomic mass is 10.1. The first-order chi connectivity index (χ1) is 13.5. The molecule has 0 aliphatic rings. The van der Waals surface area contributed by atoms with Crippen molar-refractivity contribution in [1.29, 1.82) is 0 Å². The molecule has 1 amide bonds. The highest BCUT2D eigenvalue weighted by Gasteiger charge is 2.10. The Kier molecular flexibility index (Phi) is 6.42. The third-order valence-electron chi connectivity index (χ3n) is 4.53. The summed E-state index contributed by atoms with van der Waals surface area (Å²) in [6.45, 7) is 4.94. The van der Waals surface area contributed by atoms with Gasteiger partial charge in [0.15, 0.2) is 0 Å². The number of amides is 1. The minimum absolute atomic E-state index is 0.0790. The Labute approximate surface area is 164 Å². The number of hydrogen-bond acceptors (Lipinski definition) is 4. The summed E-state index contributed by atoms with van der Waals surface area (Å²) in [7, 11) is 0. The summed E-state index contributed by atoms with van der Waals surface area (Å²) >= 11 is 0. The van der Waals surface area contributed by atoms with Crippen LogP contribution in [-0.2, 0) is 11.3 Å². The van der Waals surface area contributed by atoms with Crippen molar-refractivity contribution >= 4 is 16.7 Å². The van der Waals surface area contributed by atoms with Crippen molar-refractivity contribution in [3.05, 3.63) is 70.1 Å². The van der Waals surface area contributed by atoms with E-state index in [1.54, 1.807) is 6.07 Å². The van der Waals surface area contributed by atoms with Crippen LogP contribution >= 0.6 is 0 Å². The maximum absolute atomic E-state index is 12.5. The van der Waals surface area contributed by atoms with Gasteiger partial charge in [-0.1, -0.05) is 35.9 Å². The van der Waals surface area contributed by atoms with E-state index in [4.69, 9.17) is 4.74 Å². The molecule has 0 radical (unpaired) electrons. The molecule has 0 aliphatic carbocycles. The second-order valence-electron chi connectivity index (χ2n) is 6.81. The van der Waals surface area contributed by atoms with E-state index in [-0.39, 0.29) is 18.0 Å². The summed E-state index contributed by atoms with van der Waals surface area (Å²) < 4.78 is 6.90. The van der Waals surface area contributed by atoms with E-state index >= 15 is 0 Å². The lowest BCUT2D eigenvalue weighted by Gasteiger charge is -2.10. The average molecular weight is 379 g/mol. The maximum atomic E-state index is 12.5. The standard InChI is InChI=1S/C22H25N3O3/c1-16-9-11-18(12-10-16)28-14-6-5-13-23-21(26)15-25-22(27)20-8-4-3-7-19(20)17(2)24-25/h3-4,7-12H,5-6,13-15H2,1-2H3,(H,23,26). The maximum Gasteiger partial charge on any atom is 0.275 e. The minimum Gasteiger partial charge on any atom is -0.494 e. The first-order valence-corrected chi connectivity index (χ1v) is 9.47. The molecule has 1 N–H and O–H groups in total. The first kappa shape index (κ1) is 19.6. The lowest BCUT2D eigenvalue weighted by Crippen LogP contribution is -2.34. The number of aryl methyl sites for hydroxylation is 2. The molecule has 1 aromatic heterocycles.